The first-order valence-electron chi connectivity index (χ1n) is 5.66. The van der Waals surface area contributed by atoms with Crippen molar-refractivity contribution in [3.8, 4) is 0 Å². The third-order valence-corrected chi connectivity index (χ3v) is 2.43. The van der Waals surface area contributed by atoms with Gasteiger partial charge in [0.25, 0.3) is 5.91 Å². The zero-order valence-electron chi connectivity index (χ0n) is 12.2. The van der Waals surface area contributed by atoms with Gasteiger partial charge in [-0.15, -0.1) is 0 Å². The van der Waals surface area contributed by atoms with Crippen molar-refractivity contribution in [3.63, 3.8) is 0 Å². The molecule has 0 unspecified atom stereocenters. The number of amides is 1. The zero-order chi connectivity index (χ0) is 16.6. The Morgan fingerprint density at radius 1 is 1.00 bits per heavy atom. The fraction of sp³-hybridized carbons (Fsp3) is 0.333. The summed E-state index contributed by atoms with van der Waals surface area (Å²) in [6, 6.07) is 7.71. The molecule has 0 radical (unpaired) electrons. The Morgan fingerprint density at radius 3 is 1.71 bits per heavy atom. The number of hydrogen-bond donors (Lipinski definition) is 0. The molecule has 0 aliphatic carbocycles. The van der Waals surface area contributed by atoms with E-state index in [1.165, 1.54) is 0 Å². The van der Waals surface area contributed by atoms with Crippen LogP contribution in [0.1, 0.15) is 29.8 Å². The molecule has 0 aliphatic rings. The van der Waals surface area contributed by atoms with Gasteiger partial charge in [-0.05, 0) is 32.4 Å². The molecule has 1 aromatic carbocycles. The van der Waals surface area contributed by atoms with Gasteiger partial charge in [0.15, 0.2) is 0 Å². The number of nitrogens with zero attached hydrogens (tertiary/aromatic N) is 1. The quantitative estimate of drug-likeness (QED) is 0.620. The molecule has 0 heterocycles. The number of aryl methyl sites for hydroxylation is 1. The predicted molar refractivity (Wildman–Crippen MR) is 70.2 cm³/mol. The van der Waals surface area contributed by atoms with Gasteiger partial charge in [0, 0.05) is 36.0 Å². The molecule has 6 heteroatoms. The van der Waals surface area contributed by atoms with E-state index in [1.807, 2.05) is 49.9 Å². The number of hydrogen-bond acceptors (Lipinski definition) is 1. The molecule has 0 N–H and O–H groups in total. The first-order valence-corrected chi connectivity index (χ1v) is 5.66. The summed E-state index contributed by atoms with van der Waals surface area (Å²) >= 11 is 0. The second kappa shape index (κ2) is 20.8. The summed E-state index contributed by atoms with van der Waals surface area (Å²) in [5.74, 6) is 0.133. The molecular weight excluding hydrogens is 310 g/mol. The second-order valence-electron chi connectivity index (χ2n) is 3.29. The fourth-order valence-electron chi connectivity index (χ4n) is 1.49. The van der Waals surface area contributed by atoms with Crippen LogP contribution in [-0.2, 0) is 31.3 Å². The molecule has 1 aromatic rings. The Bertz CT molecular complexity index is 423. The van der Waals surface area contributed by atoms with E-state index in [9.17, 15) is 4.79 Å². The van der Waals surface area contributed by atoms with Crippen LogP contribution in [0.3, 0.4) is 0 Å². The van der Waals surface area contributed by atoms with E-state index >= 15 is 0 Å². The van der Waals surface area contributed by atoms with Crippen LogP contribution < -0.4 is 0 Å². The largest absolute Gasteiger partial charge is 0 e. The first kappa shape index (κ1) is 27.7. The number of benzene rings is 1. The van der Waals surface area contributed by atoms with Crippen LogP contribution in [-0.4, -0.2) is 23.9 Å². The maximum Gasteiger partial charge on any atom is 0 e. The molecule has 5 nitrogen and oxygen atoms in total. The van der Waals surface area contributed by atoms with Crippen molar-refractivity contribution < 1.29 is 36.1 Å². The van der Waals surface area contributed by atoms with Crippen molar-refractivity contribution in [2.75, 3.05) is 13.1 Å². The third kappa shape index (κ3) is 10.8. The molecule has 0 aliphatic heterocycles. The number of rotatable bonds is 3. The third-order valence-electron chi connectivity index (χ3n) is 2.43. The smallest absolute Gasteiger partial charge is 0 e. The van der Waals surface area contributed by atoms with E-state index in [-0.39, 0.29) is 23.3 Å². The standard InChI is InChI=1S/C12H17NO.3CO.Cr/c1-4-13(5-2)12(14)11-9-7-6-8-10(11)3;3*1-2;/h6-9H,4-5H2,1-3H3;;;;. The molecule has 112 valence electrons. The average molecular weight is 327 g/mol. The van der Waals surface area contributed by atoms with Gasteiger partial charge in [-0.25, -0.2) is 0 Å². The van der Waals surface area contributed by atoms with E-state index in [1.54, 1.807) is 0 Å². The molecule has 0 atom stereocenters. The van der Waals surface area contributed by atoms with Crippen LogP contribution in [0.25, 0.3) is 0 Å². The predicted octanol–water partition coefficient (Wildman–Crippen LogP) is 2.36. The van der Waals surface area contributed by atoms with E-state index in [0.29, 0.717) is 0 Å². The average Bonchev–Trinajstić information content (AvgIpc) is 2.54. The van der Waals surface area contributed by atoms with Gasteiger partial charge < -0.3 is 4.90 Å². The van der Waals surface area contributed by atoms with Gasteiger partial charge in [0.1, 0.15) is 0 Å². The Hall–Kier alpha value is -1.56. The fourth-order valence-corrected chi connectivity index (χ4v) is 1.49. The van der Waals surface area contributed by atoms with Crippen LogP contribution in [0.4, 0.5) is 0 Å². The summed E-state index contributed by atoms with van der Waals surface area (Å²) in [7, 11) is 0. The van der Waals surface area contributed by atoms with Gasteiger partial charge in [-0.2, -0.15) is 0 Å². The van der Waals surface area contributed by atoms with Gasteiger partial charge in [-0.3, -0.25) is 4.79 Å². The summed E-state index contributed by atoms with van der Waals surface area (Å²) in [5.41, 5.74) is 1.86. The SMILES string of the molecule is CCN(CC)C(=O)c1ccccc1C.[C-]#[O+].[C-]#[O+].[C-]#[O+].[Cr]. The van der Waals surface area contributed by atoms with Gasteiger partial charge in [-0.1, -0.05) is 18.2 Å². The van der Waals surface area contributed by atoms with E-state index in [2.05, 4.69) is 20.0 Å². The van der Waals surface area contributed by atoms with Crippen LogP contribution in [0, 0.1) is 26.9 Å². The van der Waals surface area contributed by atoms with Crippen molar-refractivity contribution >= 4 is 5.91 Å². The molecule has 0 bridgehead atoms. The monoisotopic (exact) mass is 327 g/mol. The van der Waals surface area contributed by atoms with E-state index < -0.39 is 0 Å². The Labute approximate surface area is 136 Å². The van der Waals surface area contributed by atoms with Crippen LogP contribution in [0.5, 0.6) is 0 Å². The van der Waals surface area contributed by atoms with E-state index in [0.717, 1.165) is 24.2 Å². The minimum atomic E-state index is 0. The molecule has 21 heavy (non-hydrogen) atoms. The maximum atomic E-state index is 12.0. The van der Waals surface area contributed by atoms with Crippen molar-refractivity contribution in [1.29, 1.82) is 0 Å². The molecule has 0 saturated carbocycles. The van der Waals surface area contributed by atoms with Crippen LogP contribution in [0.2, 0.25) is 0 Å². The van der Waals surface area contributed by atoms with Crippen molar-refractivity contribution in [1.82, 2.24) is 4.90 Å². The second-order valence-corrected chi connectivity index (χ2v) is 3.29. The summed E-state index contributed by atoms with van der Waals surface area (Å²) in [6.45, 7) is 21.0. The van der Waals surface area contributed by atoms with Crippen LogP contribution in [0.15, 0.2) is 24.3 Å². The zero-order valence-corrected chi connectivity index (χ0v) is 13.5. The molecular formula is C15H17CrNO4. The van der Waals surface area contributed by atoms with E-state index in [4.69, 9.17) is 14.0 Å². The summed E-state index contributed by atoms with van der Waals surface area (Å²) in [5, 5.41) is 0. The van der Waals surface area contributed by atoms with Gasteiger partial charge in [0.2, 0.25) is 0 Å². The topological polar surface area (TPSA) is 80.0 Å². The Balaban J connectivity index is -0.000000183. The number of carbonyl (C=O) groups is 1. The van der Waals surface area contributed by atoms with Gasteiger partial charge in [0.05, 0.1) is 0 Å². The molecule has 0 saturated heterocycles. The Morgan fingerprint density at radius 2 is 1.38 bits per heavy atom. The van der Waals surface area contributed by atoms with Crippen LogP contribution >= 0.6 is 0 Å². The Kier molecular flexibility index (Phi) is 27.4. The first-order chi connectivity index (χ1) is 9.70. The normalized spacial score (nSPS) is 6.90. The summed E-state index contributed by atoms with van der Waals surface area (Å²) in [6.07, 6.45) is 0. The maximum absolute atomic E-state index is 12.0. The molecule has 1 amide bonds. The summed E-state index contributed by atoms with van der Waals surface area (Å²) in [4.78, 5) is 13.8. The van der Waals surface area contributed by atoms with Crippen molar-refractivity contribution in [3.05, 3.63) is 55.3 Å². The molecule has 0 spiro atoms. The molecule has 0 fully saturated rings. The van der Waals surface area contributed by atoms with Crippen molar-refractivity contribution in [2.24, 2.45) is 0 Å². The molecule has 0 aromatic heterocycles. The minimum absolute atomic E-state index is 0. The van der Waals surface area contributed by atoms with Gasteiger partial charge >= 0.3 is 33.9 Å². The minimum Gasteiger partial charge on any atom is 0 e. The summed E-state index contributed by atoms with van der Waals surface area (Å²) < 4.78 is 22.5. The molecule has 1 rings (SSSR count). The van der Waals surface area contributed by atoms with Crippen molar-refractivity contribution in [2.45, 2.75) is 20.8 Å². The number of carbonyl (C=O) groups excluding carboxylic acids is 1.